The van der Waals surface area contributed by atoms with Crippen molar-refractivity contribution in [2.24, 2.45) is 7.05 Å². The molecule has 1 aliphatic rings. The summed E-state index contributed by atoms with van der Waals surface area (Å²) in [7, 11) is 2.08. The Morgan fingerprint density at radius 2 is 2.12 bits per heavy atom. The number of nitrogens with zero attached hydrogens (tertiary/aromatic N) is 2. The lowest BCUT2D eigenvalue weighted by Gasteiger charge is -2.25. The quantitative estimate of drug-likeness (QED) is 0.911. The van der Waals surface area contributed by atoms with Gasteiger partial charge in [0.15, 0.2) is 0 Å². The minimum atomic E-state index is 0.0834. The molecule has 4 nitrogen and oxygen atoms in total. The van der Waals surface area contributed by atoms with Crippen LogP contribution in [0.2, 0.25) is 0 Å². The standard InChI is InChI=1S/C20H27N3O/c1-4-16-9-5-8-15(2)20(16)21-19(24)14-23-13-7-11-18(23)17-10-6-12-22(17)3/h5-6,8-10,12,18H,4,7,11,13-14H2,1-3H3,(H,21,24)/t18-/m1/s1. The van der Waals surface area contributed by atoms with E-state index in [1.54, 1.807) is 0 Å². The van der Waals surface area contributed by atoms with E-state index >= 15 is 0 Å². The number of hydrogen-bond donors (Lipinski definition) is 1. The molecule has 2 aromatic rings. The summed E-state index contributed by atoms with van der Waals surface area (Å²) in [5.41, 5.74) is 4.61. The third-order valence-corrected chi connectivity index (χ3v) is 5.04. The molecule has 1 N–H and O–H groups in total. The van der Waals surface area contributed by atoms with E-state index < -0.39 is 0 Å². The van der Waals surface area contributed by atoms with Crippen molar-refractivity contribution in [3.8, 4) is 0 Å². The highest BCUT2D eigenvalue weighted by atomic mass is 16.2. The van der Waals surface area contributed by atoms with Gasteiger partial charge in [-0.15, -0.1) is 0 Å². The first kappa shape index (κ1) is 16.8. The van der Waals surface area contributed by atoms with Crippen molar-refractivity contribution < 1.29 is 4.79 Å². The van der Waals surface area contributed by atoms with Gasteiger partial charge in [0, 0.05) is 24.6 Å². The Bertz CT molecular complexity index is 719. The second-order valence-corrected chi connectivity index (χ2v) is 6.68. The second-order valence-electron chi connectivity index (χ2n) is 6.68. The summed E-state index contributed by atoms with van der Waals surface area (Å²) in [5.74, 6) is 0.0834. The number of rotatable bonds is 5. The number of amides is 1. The van der Waals surface area contributed by atoms with Crippen LogP contribution in [0.1, 0.15) is 42.6 Å². The maximum absolute atomic E-state index is 12.6. The van der Waals surface area contributed by atoms with Crippen LogP contribution in [0.15, 0.2) is 36.5 Å². The Kier molecular flexibility index (Phi) is 5.05. The highest BCUT2D eigenvalue weighted by Crippen LogP contribution is 2.31. The SMILES string of the molecule is CCc1cccc(C)c1NC(=O)CN1CCC[C@@H]1c1cccn1C. The number of likely N-dealkylation sites (tertiary alicyclic amines) is 1. The molecule has 4 heteroatoms. The number of para-hydroxylation sites is 1. The van der Waals surface area contributed by atoms with Crippen LogP contribution in [-0.4, -0.2) is 28.5 Å². The molecular weight excluding hydrogens is 298 g/mol. The number of aromatic nitrogens is 1. The minimum Gasteiger partial charge on any atom is -0.353 e. The van der Waals surface area contributed by atoms with Crippen molar-refractivity contribution in [3.63, 3.8) is 0 Å². The van der Waals surface area contributed by atoms with Crippen molar-refractivity contribution >= 4 is 11.6 Å². The fraction of sp³-hybridized carbons (Fsp3) is 0.450. The van der Waals surface area contributed by atoms with Gasteiger partial charge in [0.25, 0.3) is 0 Å². The lowest BCUT2D eigenvalue weighted by atomic mass is 10.1. The van der Waals surface area contributed by atoms with E-state index in [1.165, 1.54) is 11.3 Å². The summed E-state index contributed by atoms with van der Waals surface area (Å²) >= 11 is 0. The zero-order valence-corrected chi connectivity index (χ0v) is 14.9. The van der Waals surface area contributed by atoms with Gasteiger partial charge in [-0.25, -0.2) is 0 Å². The molecule has 1 fully saturated rings. The number of aryl methyl sites for hydroxylation is 3. The average molecular weight is 325 g/mol. The number of carbonyl (C=O) groups is 1. The summed E-state index contributed by atoms with van der Waals surface area (Å²) in [6.07, 6.45) is 5.27. The maximum Gasteiger partial charge on any atom is 0.238 e. The van der Waals surface area contributed by atoms with E-state index in [2.05, 4.69) is 72.2 Å². The van der Waals surface area contributed by atoms with Crippen LogP contribution in [0.3, 0.4) is 0 Å². The summed E-state index contributed by atoms with van der Waals surface area (Å²) in [4.78, 5) is 14.9. The Morgan fingerprint density at radius 1 is 1.29 bits per heavy atom. The van der Waals surface area contributed by atoms with Crippen molar-refractivity contribution in [1.29, 1.82) is 0 Å². The summed E-state index contributed by atoms with van der Waals surface area (Å²) in [6, 6.07) is 10.8. The molecular formula is C20H27N3O. The first-order valence-corrected chi connectivity index (χ1v) is 8.83. The molecule has 0 spiro atoms. The smallest absolute Gasteiger partial charge is 0.238 e. The van der Waals surface area contributed by atoms with Gasteiger partial charge >= 0.3 is 0 Å². The summed E-state index contributed by atoms with van der Waals surface area (Å²) in [6.45, 7) is 5.61. The molecule has 24 heavy (non-hydrogen) atoms. The molecule has 3 rings (SSSR count). The fourth-order valence-corrected chi connectivity index (χ4v) is 3.74. The zero-order chi connectivity index (χ0) is 17.1. The molecule has 1 atom stereocenters. The highest BCUT2D eigenvalue weighted by Gasteiger charge is 2.29. The van der Waals surface area contributed by atoms with Crippen LogP contribution in [0.5, 0.6) is 0 Å². The van der Waals surface area contributed by atoms with Gasteiger partial charge in [0.05, 0.1) is 12.6 Å². The number of hydrogen-bond acceptors (Lipinski definition) is 2. The lowest BCUT2D eigenvalue weighted by molar-refractivity contribution is -0.117. The van der Waals surface area contributed by atoms with Crippen molar-refractivity contribution in [1.82, 2.24) is 9.47 Å². The van der Waals surface area contributed by atoms with E-state index in [-0.39, 0.29) is 5.91 Å². The molecule has 0 saturated carbocycles. The lowest BCUT2D eigenvalue weighted by Crippen LogP contribution is -2.33. The van der Waals surface area contributed by atoms with Gasteiger partial charge < -0.3 is 9.88 Å². The van der Waals surface area contributed by atoms with Crippen LogP contribution in [0.4, 0.5) is 5.69 Å². The predicted octanol–water partition coefficient (Wildman–Crippen LogP) is 3.67. The van der Waals surface area contributed by atoms with E-state index in [1.807, 2.05) is 0 Å². The average Bonchev–Trinajstić information content (AvgIpc) is 3.17. The largest absolute Gasteiger partial charge is 0.353 e. The number of anilines is 1. The van der Waals surface area contributed by atoms with E-state index in [0.29, 0.717) is 12.6 Å². The highest BCUT2D eigenvalue weighted by molar-refractivity contribution is 5.93. The molecule has 0 radical (unpaired) electrons. The molecule has 0 bridgehead atoms. The molecule has 1 aromatic carbocycles. The van der Waals surface area contributed by atoms with Gasteiger partial charge in [-0.3, -0.25) is 9.69 Å². The van der Waals surface area contributed by atoms with E-state index in [0.717, 1.165) is 37.1 Å². The third-order valence-electron chi connectivity index (χ3n) is 5.04. The first-order chi connectivity index (χ1) is 11.6. The topological polar surface area (TPSA) is 37.3 Å². The number of carbonyl (C=O) groups excluding carboxylic acids is 1. The fourth-order valence-electron chi connectivity index (χ4n) is 3.74. The summed E-state index contributed by atoms with van der Waals surface area (Å²) in [5, 5.41) is 3.15. The molecule has 2 heterocycles. The second kappa shape index (κ2) is 7.22. The monoisotopic (exact) mass is 325 g/mol. The molecule has 1 aromatic heterocycles. The Balaban J connectivity index is 1.70. The van der Waals surface area contributed by atoms with Crippen LogP contribution in [0.25, 0.3) is 0 Å². The molecule has 1 amide bonds. The van der Waals surface area contributed by atoms with Gasteiger partial charge in [0.1, 0.15) is 0 Å². The van der Waals surface area contributed by atoms with E-state index in [4.69, 9.17) is 0 Å². The number of nitrogens with one attached hydrogen (secondary N) is 1. The third kappa shape index (κ3) is 3.39. The van der Waals surface area contributed by atoms with Crippen molar-refractivity contribution in [3.05, 3.63) is 53.3 Å². The number of benzene rings is 1. The minimum absolute atomic E-state index is 0.0834. The van der Waals surface area contributed by atoms with Crippen molar-refractivity contribution in [2.75, 3.05) is 18.4 Å². The molecule has 1 aliphatic heterocycles. The Labute approximate surface area is 144 Å². The molecule has 0 unspecified atom stereocenters. The van der Waals surface area contributed by atoms with Crippen LogP contribution < -0.4 is 5.32 Å². The zero-order valence-electron chi connectivity index (χ0n) is 14.9. The first-order valence-electron chi connectivity index (χ1n) is 8.83. The molecule has 0 aliphatic carbocycles. The summed E-state index contributed by atoms with van der Waals surface area (Å²) < 4.78 is 2.16. The van der Waals surface area contributed by atoms with Gasteiger partial charge in [-0.1, -0.05) is 25.1 Å². The molecule has 128 valence electrons. The van der Waals surface area contributed by atoms with Gasteiger partial charge in [-0.05, 0) is 56.0 Å². The van der Waals surface area contributed by atoms with Crippen LogP contribution >= 0.6 is 0 Å². The van der Waals surface area contributed by atoms with Gasteiger partial charge in [0.2, 0.25) is 5.91 Å². The molecule has 1 saturated heterocycles. The predicted molar refractivity (Wildman–Crippen MR) is 98.1 cm³/mol. The normalized spacial score (nSPS) is 18.0. The Hall–Kier alpha value is -2.07. The van der Waals surface area contributed by atoms with Gasteiger partial charge in [-0.2, -0.15) is 0 Å². The van der Waals surface area contributed by atoms with E-state index in [9.17, 15) is 4.79 Å². The van der Waals surface area contributed by atoms with Crippen LogP contribution in [0, 0.1) is 6.92 Å². The van der Waals surface area contributed by atoms with Crippen molar-refractivity contribution in [2.45, 2.75) is 39.2 Å². The van der Waals surface area contributed by atoms with Crippen LogP contribution in [-0.2, 0) is 18.3 Å². The Morgan fingerprint density at radius 3 is 2.83 bits per heavy atom. The maximum atomic E-state index is 12.6.